The van der Waals surface area contributed by atoms with Gasteiger partial charge in [-0.25, -0.2) is 14.4 Å². The van der Waals surface area contributed by atoms with Crippen LogP contribution < -0.4 is 26.0 Å². The van der Waals surface area contributed by atoms with E-state index in [4.69, 9.17) is 4.74 Å². The van der Waals surface area contributed by atoms with Crippen molar-refractivity contribution in [1.29, 1.82) is 0 Å². The van der Waals surface area contributed by atoms with Gasteiger partial charge in [0.25, 0.3) is 5.91 Å². The molecular weight excluding hydrogens is 570 g/mol. The largest absolute Gasteiger partial charge is 0.475 e. The number of carbonyl (C=O) groups is 2. The summed E-state index contributed by atoms with van der Waals surface area (Å²) in [5.41, 5.74) is 2.92. The van der Waals surface area contributed by atoms with Gasteiger partial charge >= 0.3 is 0 Å². The quantitative estimate of drug-likeness (QED) is 0.192. The van der Waals surface area contributed by atoms with Gasteiger partial charge in [0, 0.05) is 48.8 Å². The number of hydrogen-bond donors (Lipinski definition) is 4. The van der Waals surface area contributed by atoms with E-state index >= 15 is 4.39 Å². The summed E-state index contributed by atoms with van der Waals surface area (Å²) in [6.45, 7) is 4.10. The molecule has 44 heavy (non-hydrogen) atoms. The Kier molecular flexibility index (Phi) is 9.65. The van der Waals surface area contributed by atoms with Crippen LogP contribution in [0.2, 0.25) is 0 Å². The molecule has 11 nitrogen and oxygen atoms in total. The topological polar surface area (TPSA) is 125 Å². The second-order valence-corrected chi connectivity index (χ2v) is 10.7. The van der Waals surface area contributed by atoms with Crippen molar-refractivity contribution in [3.05, 3.63) is 71.7 Å². The van der Waals surface area contributed by atoms with E-state index in [0.29, 0.717) is 60.5 Å². The normalized spacial score (nSPS) is 13.7. The molecule has 2 aromatic carbocycles. The smallest absolute Gasteiger partial charge is 0.254 e. The van der Waals surface area contributed by atoms with Crippen LogP contribution in [0, 0.1) is 24.5 Å². The number of benzene rings is 2. The summed E-state index contributed by atoms with van der Waals surface area (Å²) in [6.07, 6.45) is 6.28. The fraction of sp³-hybridized carbons (Fsp3) is 0.355. The summed E-state index contributed by atoms with van der Waals surface area (Å²) in [5, 5.41) is 11.7. The summed E-state index contributed by atoms with van der Waals surface area (Å²) in [7, 11) is 3.37. The third kappa shape index (κ3) is 6.63. The summed E-state index contributed by atoms with van der Waals surface area (Å²) in [4.78, 5) is 35.7. The van der Waals surface area contributed by atoms with Crippen LogP contribution >= 0.6 is 0 Å². The molecule has 0 atom stereocenters. The number of rotatable bonds is 11. The van der Waals surface area contributed by atoms with Gasteiger partial charge in [-0.05, 0) is 75.7 Å². The zero-order valence-electron chi connectivity index (χ0n) is 24.9. The highest BCUT2D eigenvalue weighted by Gasteiger charge is 2.25. The number of piperidine rings is 1. The summed E-state index contributed by atoms with van der Waals surface area (Å²) < 4.78 is 36.5. The first-order valence-electron chi connectivity index (χ1n) is 14.5. The van der Waals surface area contributed by atoms with E-state index in [9.17, 15) is 14.0 Å². The van der Waals surface area contributed by atoms with Gasteiger partial charge in [-0.3, -0.25) is 19.3 Å². The third-order valence-corrected chi connectivity index (χ3v) is 7.67. The van der Waals surface area contributed by atoms with Crippen molar-refractivity contribution in [1.82, 2.24) is 35.2 Å². The number of aromatic nitrogens is 3. The molecule has 1 aliphatic heterocycles. The molecule has 5 rings (SSSR count). The summed E-state index contributed by atoms with van der Waals surface area (Å²) >= 11 is 0. The number of halogens is 2. The first-order chi connectivity index (χ1) is 21.3. The Balaban J connectivity index is 1.27. The molecule has 1 aliphatic rings. The molecule has 0 spiro atoms. The van der Waals surface area contributed by atoms with Crippen molar-refractivity contribution in [2.75, 3.05) is 52.3 Å². The lowest BCUT2D eigenvalue weighted by atomic mass is 9.95. The number of nitrogens with one attached hydrogen (secondary N) is 4. The molecule has 13 heteroatoms. The van der Waals surface area contributed by atoms with Crippen LogP contribution in [0.3, 0.4) is 0 Å². The van der Waals surface area contributed by atoms with Crippen molar-refractivity contribution in [2.45, 2.75) is 19.8 Å². The number of likely N-dealkylation sites (tertiary alicyclic amines) is 1. The number of ether oxygens (including phenoxy) is 1. The number of nitrogens with zero attached hydrogens (tertiary/aromatic N) is 4. The van der Waals surface area contributed by atoms with Crippen molar-refractivity contribution in [2.24, 2.45) is 5.92 Å². The lowest BCUT2D eigenvalue weighted by Crippen LogP contribution is -2.42. The molecule has 0 bridgehead atoms. The Bertz CT molecular complexity index is 1650. The monoisotopic (exact) mass is 606 g/mol. The molecule has 2 amide bonds. The minimum absolute atomic E-state index is 0.0264. The first-order valence-corrected chi connectivity index (χ1v) is 14.5. The predicted octanol–water partition coefficient (Wildman–Crippen LogP) is 3.47. The van der Waals surface area contributed by atoms with Gasteiger partial charge < -0.3 is 25.6 Å². The number of aryl methyl sites for hydroxylation is 1. The maximum absolute atomic E-state index is 15.0. The third-order valence-electron chi connectivity index (χ3n) is 7.67. The van der Waals surface area contributed by atoms with E-state index < -0.39 is 11.6 Å². The SMILES string of the molecule is CNCOc1ccc(-c2cnc3c(Nc4ccc(C(=O)N5CCC(CNC(=O)CNC)CC5)c(C)c4)nccn23)c(F)c1F. The summed E-state index contributed by atoms with van der Waals surface area (Å²) in [5.74, 6) is -1.60. The molecule has 232 valence electrons. The number of carbonyl (C=O) groups excluding carboxylic acids is 2. The van der Waals surface area contributed by atoms with Crippen molar-refractivity contribution >= 4 is 29.0 Å². The van der Waals surface area contributed by atoms with Crippen LogP contribution in [0.15, 0.2) is 48.9 Å². The molecule has 0 aliphatic carbocycles. The van der Waals surface area contributed by atoms with Crippen LogP contribution in [0.5, 0.6) is 5.75 Å². The van der Waals surface area contributed by atoms with Crippen LogP contribution in [-0.4, -0.2) is 78.1 Å². The maximum Gasteiger partial charge on any atom is 0.254 e. The predicted molar refractivity (Wildman–Crippen MR) is 163 cm³/mol. The van der Waals surface area contributed by atoms with Crippen LogP contribution in [0.4, 0.5) is 20.3 Å². The molecule has 2 aromatic heterocycles. The van der Waals surface area contributed by atoms with E-state index in [2.05, 4.69) is 31.2 Å². The lowest BCUT2D eigenvalue weighted by Gasteiger charge is -2.32. The van der Waals surface area contributed by atoms with E-state index in [1.54, 1.807) is 43.0 Å². The fourth-order valence-corrected chi connectivity index (χ4v) is 5.31. The molecule has 0 saturated carbocycles. The number of anilines is 2. The van der Waals surface area contributed by atoms with Crippen molar-refractivity contribution in [3.8, 4) is 17.0 Å². The molecule has 0 unspecified atom stereocenters. The van der Waals surface area contributed by atoms with Gasteiger partial charge in [0.1, 0.15) is 6.73 Å². The zero-order chi connectivity index (χ0) is 31.2. The Hall–Kier alpha value is -4.62. The van der Waals surface area contributed by atoms with E-state index in [-0.39, 0.29) is 29.9 Å². The standard InChI is InChI=1S/C31H36F2N8O3/c1-19-14-21(4-5-22(19)31(43)40-11-8-20(9-12-40)15-37-26(42)17-34-2)39-29-30-38-16-24(41(30)13-10-36-29)23-6-7-25(44-18-35-3)28(33)27(23)32/h4-7,10,13-14,16,20,34-35H,8-9,11-12,15,17-18H2,1-3H3,(H,36,39)(H,37,42). The molecule has 1 fully saturated rings. The molecular formula is C31H36F2N8O3. The second-order valence-electron chi connectivity index (χ2n) is 10.7. The molecule has 4 N–H and O–H groups in total. The number of likely N-dealkylation sites (N-methyl/N-ethyl adjacent to an activating group) is 1. The molecule has 0 radical (unpaired) electrons. The first kappa shape index (κ1) is 30.8. The lowest BCUT2D eigenvalue weighted by molar-refractivity contribution is -0.120. The number of imidazole rings is 1. The number of fused-ring (bicyclic) bond motifs is 1. The van der Waals surface area contributed by atoms with Crippen molar-refractivity contribution < 1.29 is 23.1 Å². The molecule has 1 saturated heterocycles. The van der Waals surface area contributed by atoms with Gasteiger partial charge in [0.05, 0.1) is 18.4 Å². The molecule has 3 heterocycles. The van der Waals surface area contributed by atoms with Gasteiger partial charge in [-0.15, -0.1) is 0 Å². The summed E-state index contributed by atoms with van der Waals surface area (Å²) in [6, 6.07) is 8.29. The number of hydrogen-bond acceptors (Lipinski definition) is 8. The minimum atomic E-state index is -1.08. The fourth-order valence-electron chi connectivity index (χ4n) is 5.31. The van der Waals surface area contributed by atoms with E-state index in [1.165, 1.54) is 18.3 Å². The van der Waals surface area contributed by atoms with Crippen LogP contribution in [0.1, 0.15) is 28.8 Å². The van der Waals surface area contributed by atoms with Crippen molar-refractivity contribution in [3.63, 3.8) is 0 Å². The zero-order valence-corrected chi connectivity index (χ0v) is 24.9. The maximum atomic E-state index is 15.0. The van der Waals surface area contributed by atoms with Crippen LogP contribution in [0.25, 0.3) is 16.9 Å². The Labute approximate surface area is 254 Å². The molecule has 4 aromatic rings. The highest BCUT2D eigenvalue weighted by atomic mass is 19.2. The van der Waals surface area contributed by atoms with Gasteiger partial charge in [0.2, 0.25) is 11.7 Å². The van der Waals surface area contributed by atoms with Gasteiger partial charge in [-0.1, -0.05) is 0 Å². The average molecular weight is 607 g/mol. The van der Waals surface area contributed by atoms with Crippen LogP contribution in [-0.2, 0) is 4.79 Å². The van der Waals surface area contributed by atoms with E-state index in [1.807, 2.05) is 17.9 Å². The minimum Gasteiger partial charge on any atom is -0.475 e. The average Bonchev–Trinajstić information content (AvgIpc) is 3.46. The Morgan fingerprint density at radius 1 is 1.05 bits per heavy atom. The Morgan fingerprint density at radius 3 is 2.57 bits per heavy atom. The second kappa shape index (κ2) is 13.8. The Morgan fingerprint density at radius 2 is 1.84 bits per heavy atom. The van der Waals surface area contributed by atoms with Gasteiger partial charge in [0.15, 0.2) is 23.0 Å². The highest BCUT2D eigenvalue weighted by molar-refractivity contribution is 5.96. The van der Waals surface area contributed by atoms with E-state index in [0.717, 1.165) is 18.4 Å². The number of amides is 2. The highest BCUT2D eigenvalue weighted by Crippen LogP contribution is 2.32. The van der Waals surface area contributed by atoms with Gasteiger partial charge in [-0.2, -0.15) is 4.39 Å².